The van der Waals surface area contributed by atoms with Crippen molar-refractivity contribution in [3.63, 3.8) is 0 Å². The molecule has 0 saturated heterocycles. The van der Waals surface area contributed by atoms with E-state index in [0.29, 0.717) is 12.5 Å². The number of nitrogens with zero attached hydrogens (tertiary/aromatic N) is 1. The summed E-state index contributed by atoms with van der Waals surface area (Å²) in [5.74, 6) is 0.654. The van der Waals surface area contributed by atoms with Gasteiger partial charge < -0.3 is 13.9 Å². The summed E-state index contributed by atoms with van der Waals surface area (Å²) in [6.07, 6.45) is 1.57. The number of hydrogen-bond acceptors (Lipinski definition) is 4. The molecule has 1 aromatic rings. The van der Waals surface area contributed by atoms with Crippen LogP contribution in [0, 0.1) is 6.92 Å². The van der Waals surface area contributed by atoms with Crippen molar-refractivity contribution >= 4 is 0 Å². The number of rotatable bonds is 4. The van der Waals surface area contributed by atoms with E-state index in [9.17, 15) is 0 Å². The topological polar surface area (TPSA) is 44.5 Å². The lowest BCUT2D eigenvalue weighted by molar-refractivity contribution is -0.0401. The Bertz CT molecular complexity index is 209. The molecular formula is C7H11NO3. The molecule has 0 aliphatic heterocycles. The van der Waals surface area contributed by atoms with Gasteiger partial charge in [0.2, 0.25) is 0 Å². The van der Waals surface area contributed by atoms with Crippen LogP contribution in [0.1, 0.15) is 11.6 Å². The third-order valence-electron chi connectivity index (χ3n) is 1.12. The molecule has 1 rings (SSSR count). The fourth-order valence-electron chi connectivity index (χ4n) is 0.704. The van der Waals surface area contributed by atoms with Crippen molar-refractivity contribution in [1.29, 1.82) is 0 Å². The van der Waals surface area contributed by atoms with E-state index in [4.69, 9.17) is 9.15 Å². The highest BCUT2D eigenvalue weighted by atomic mass is 16.7. The van der Waals surface area contributed by atoms with E-state index in [2.05, 4.69) is 9.72 Å². The predicted molar refractivity (Wildman–Crippen MR) is 37.9 cm³/mol. The molecule has 0 aliphatic carbocycles. The average molecular weight is 157 g/mol. The van der Waals surface area contributed by atoms with Gasteiger partial charge in [-0.25, -0.2) is 4.98 Å². The van der Waals surface area contributed by atoms with Crippen LogP contribution < -0.4 is 0 Å². The van der Waals surface area contributed by atoms with Gasteiger partial charge in [0.25, 0.3) is 0 Å². The summed E-state index contributed by atoms with van der Waals surface area (Å²) < 4.78 is 14.7. The van der Waals surface area contributed by atoms with E-state index >= 15 is 0 Å². The zero-order valence-electron chi connectivity index (χ0n) is 6.66. The minimum Gasteiger partial charge on any atom is -0.449 e. The van der Waals surface area contributed by atoms with Gasteiger partial charge in [0, 0.05) is 14.0 Å². The zero-order valence-corrected chi connectivity index (χ0v) is 6.66. The van der Waals surface area contributed by atoms with Gasteiger partial charge in [-0.3, -0.25) is 0 Å². The van der Waals surface area contributed by atoms with Gasteiger partial charge in [-0.1, -0.05) is 0 Å². The van der Waals surface area contributed by atoms with Crippen molar-refractivity contribution in [3.8, 4) is 0 Å². The Hall–Kier alpha value is -0.870. The highest BCUT2D eigenvalue weighted by Gasteiger charge is 1.97. The monoisotopic (exact) mass is 157 g/mol. The van der Waals surface area contributed by atoms with Crippen LogP contribution in [0.25, 0.3) is 0 Å². The highest BCUT2D eigenvalue weighted by molar-refractivity contribution is 4.92. The molecule has 0 N–H and O–H groups in total. The van der Waals surface area contributed by atoms with Crippen LogP contribution in [0.3, 0.4) is 0 Å². The summed E-state index contributed by atoms with van der Waals surface area (Å²) in [6, 6.07) is 0. The molecule has 62 valence electrons. The lowest BCUT2D eigenvalue weighted by Crippen LogP contribution is -1.96. The molecule has 0 aromatic carbocycles. The minimum atomic E-state index is 0.284. The maximum atomic E-state index is 5.04. The predicted octanol–water partition coefficient (Wildman–Crippen LogP) is 1.10. The van der Waals surface area contributed by atoms with Crippen LogP contribution >= 0.6 is 0 Å². The Kier molecular flexibility index (Phi) is 3.07. The molecule has 0 bridgehead atoms. The van der Waals surface area contributed by atoms with Crippen molar-refractivity contribution < 1.29 is 13.9 Å². The molecule has 0 radical (unpaired) electrons. The first-order chi connectivity index (χ1) is 5.33. The number of oxazole rings is 1. The van der Waals surface area contributed by atoms with E-state index in [0.717, 1.165) is 5.69 Å². The summed E-state index contributed by atoms with van der Waals surface area (Å²) in [7, 11) is 1.58. The molecule has 0 amide bonds. The van der Waals surface area contributed by atoms with Crippen molar-refractivity contribution in [1.82, 2.24) is 4.98 Å². The molecule has 0 unspecified atom stereocenters. The van der Waals surface area contributed by atoms with E-state index in [1.807, 2.05) is 0 Å². The molecule has 0 atom stereocenters. The standard InChI is InChI=1S/C7H11NO3/c1-6-8-7(4-11-6)3-10-5-9-2/h4H,3,5H2,1-2H3. The fourth-order valence-corrected chi connectivity index (χ4v) is 0.704. The number of hydrogen-bond donors (Lipinski definition) is 0. The van der Waals surface area contributed by atoms with Gasteiger partial charge in [-0.2, -0.15) is 0 Å². The molecule has 0 fully saturated rings. The van der Waals surface area contributed by atoms with Gasteiger partial charge in [0.15, 0.2) is 5.89 Å². The first-order valence-electron chi connectivity index (χ1n) is 3.30. The summed E-state index contributed by atoms with van der Waals surface area (Å²) in [4.78, 5) is 4.04. The van der Waals surface area contributed by atoms with Crippen LogP contribution in [-0.4, -0.2) is 18.9 Å². The fraction of sp³-hybridized carbons (Fsp3) is 0.571. The molecule has 0 saturated carbocycles. The molecule has 4 nitrogen and oxygen atoms in total. The second-order valence-corrected chi connectivity index (χ2v) is 2.11. The minimum absolute atomic E-state index is 0.284. The SMILES string of the molecule is COCOCc1coc(C)n1. The first kappa shape index (κ1) is 8.23. The van der Waals surface area contributed by atoms with E-state index < -0.39 is 0 Å². The maximum Gasteiger partial charge on any atom is 0.191 e. The van der Waals surface area contributed by atoms with Gasteiger partial charge in [0.05, 0.1) is 6.61 Å². The Labute approximate surface area is 65.1 Å². The van der Waals surface area contributed by atoms with E-state index in [1.165, 1.54) is 0 Å². The van der Waals surface area contributed by atoms with Gasteiger partial charge in [-0.15, -0.1) is 0 Å². The Morgan fingerprint density at radius 2 is 2.45 bits per heavy atom. The van der Waals surface area contributed by atoms with Crippen LogP contribution in [0.2, 0.25) is 0 Å². The Morgan fingerprint density at radius 3 is 3.00 bits per heavy atom. The Balaban J connectivity index is 2.27. The van der Waals surface area contributed by atoms with Gasteiger partial charge in [-0.05, 0) is 0 Å². The third-order valence-corrected chi connectivity index (χ3v) is 1.12. The lowest BCUT2D eigenvalue weighted by Gasteiger charge is -1.97. The second-order valence-electron chi connectivity index (χ2n) is 2.11. The number of aryl methyl sites for hydroxylation is 1. The summed E-state index contributed by atoms with van der Waals surface area (Å²) in [5, 5.41) is 0. The summed E-state index contributed by atoms with van der Waals surface area (Å²) in [6.45, 7) is 2.51. The third kappa shape index (κ3) is 2.69. The van der Waals surface area contributed by atoms with E-state index in [1.54, 1.807) is 20.3 Å². The van der Waals surface area contributed by atoms with Crippen molar-refractivity contribution in [2.45, 2.75) is 13.5 Å². The molecule has 11 heavy (non-hydrogen) atoms. The highest BCUT2D eigenvalue weighted by Crippen LogP contribution is 2.01. The van der Waals surface area contributed by atoms with Crippen LogP contribution in [-0.2, 0) is 16.1 Å². The lowest BCUT2D eigenvalue weighted by atomic mass is 10.5. The normalized spacial score (nSPS) is 10.4. The molecule has 0 aliphatic rings. The summed E-state index contributed by atoms with van der Waals surface area (Å²) >= 11 is 0. The van der Waals surface area contributed by atoms with Crippen molar-refractivity contribution in [2.24, 2.45) is 0 Å². The largest absolute Gasteiger partial charge is 0.449 e. The van der Waals surface area contributed by atoms with Crippen molar-refractivity contribution in [2.75, 3.05) is 13.9 Å². The first-order valence-corrected chi connectivity index (χ1v) is 3.30. The molecular weight excluding hydrogens is 146 g/mol. The summed E-state index contributed by atoms with van der Waals surface area (Å²) in [5.41, 5.74) is 0.791. The Morgan fingerprint density at radius 1 is 1.64 bits per heavy atom. The van der Waals surface area contributed by atoms with Gasteiger partial charge >= 0.3 is 0 Å². The second kappa shape index (κ2) is 4.10. The molecule has 0 spiro atoms. The van der Waals surface area contributed by atoms with Crippen LogP contribution in [0.5, 0.6) is 0 Å². The molecule has 1 heterocycles. The molecule has 4 heteroatoms. The zero-order chi connectivity index (χ0) is 8.10. The smallest absolute Gasteiger partial charge is 0.191 e. The number of aromatic nitrogens is 1. The van der Waals surface area contributed by atoms with E-state index in [-0.39, 0.29) is 6.79 Å². The quantitative estimate of drug-likeness (QED) is 0.485. The molecule has 1 aromatic heterocycles. The average Bonchev–Trinajstić information content (AvgIpc) is 2.37. The number of methoxy groups -OCH3 is 1. The van der Waals surface area contributed by atoms with Crippen molar-refractivity contribution in [3.05, 3.63) is 17.8 Å². The number of ether oxygens (including phenoxy) is 2. The van der Waals surface area contributed by atoms with Crippen LogP contribution in [0.4, 0.5) is 0 Å². The van der Waals surface area contributed by atoms with Gasteiger partial charge in [0.1, 0.15) is 18.8 Å². The maximum absolute atomic E-state index is 5.04. The van der Waals surface area contributed by atoms with Crippen LogP contribution in [0.15, 0.2) is 10.7 Å².